The number of nitrogens with zero attached hydrogens (tertiary/aromatic N) is 1. The number of hydrogen-bond acceptors (Lipinski definition) is 3. The lowest BCUT2D eigenvalue weighted by Crippen LogP contribution is -2.22. The summed E-state index contributed by atoms with van der Waals surface area (Å²) in [6.45, 7) is 2.61. The fourth-order valence-electron chi connectivity index (χ4n) is 1.39. The lowest BCUT2D eigenvalue weighted by atomic mass is 10.2. The van der Waals surface area contributed by atoms with Crippen LogP contribution in [0.15, 0.2) is 33.7 Å². The maximum Gasteiger partial charge on any atom is 0.251 e. The number of pyridine rings is 1. The van der Waals surface area contributed by atoms with Gasteiger partial charge in [-0.25, -0.2) is 4.98 Å². The third-order valence-electron chi connectivity index (χ3n) is 2.39. The van der Waals surface area contributed by atoms with E-state index in [4.69, 9.17) is 0 Å². The fourth-order valence-corrected chi connectivity index (χ4v) is 2.61. The molecule has 2 aromatic heterocycles. The molecule has 0 fully saturated rings. The Labute approximate surface area is 112 Å². The fraction of sp³-hybridized carbons (Fsp3) is 0.167. The molecule has 0 aromatic carbocycles. The van der Waals surface area contributed by atoms with E-state index in [-0.39, 0.29) is 5.91 Å². The van der Waals surface area contributed by atoms with Gasteiger partial charge >= 0.3 is 0 Å². The van der Waals surface area contributed by atoms with E-state index < -0.39 is 0 Å². The second-order valence-corrected chi connectivity index (χ2v) is 5.19. The van der Waals surface area contributed by atoms with Crippen molar-refractivity contribution in [1.82, 2.24) is 10.3 Å². The van der Waals surface area contributed by atoms with E-state index >= 15 is 0 Å². The predicted octanol–water partition coefficient (Wildman–Crippen LogP) is 3.14. The molecular weight excluding hydrogens is 300 g/mol. The van der Waals surface area contributed by atoms with Crippen molar-refractivity contribution in [2.75, 3.05) is 0 Å². The number of carbonyl (C=O) groups excluding carboxylic acids is 1. The zero-order valence-electron chi connectivity index (χ0n) is 9.24. The number of nitrogens with one attached hydrogen (secondary N) is 1. The summed E-state index contributed by atoms with van der Waals surface area (Å²) < 4.78 is 0.664. The van der Waals surface area contributed by atoms with Crippen LogP contribution in [0.1, 0.15) is 21.5 Å². The number of aromatic nitrogens is 1. The van der Waals surface area contributed by atoms with Crippen molar-refractivity contribution in [2.45, 2.75) is 13.5 Å². The summed E-state index contributed by atoms with van der Waals surface area (Å²) in [6, 6.07) is 3.40. The molecule has 88 valence electrons. The minimum Gasteiger partial charge on any atom is -0.348 e. The zero-order valence-corrected chi connectivity index (χ0v) is 11.6. The normalized spacial score (nSPS) is 10.2. The lowest BCUT2D eigenvalue weighted by molar-refractivity contribution is 0.0950. The average molecular weight is 311 g/mol. The molecule has 0 saturated carbocycles. The van der Waals surface area contributed by atoms with Crippen LogP contribution in [0, 0.1) is 6.92 Å². The maximum absolute atomic E-state index is 11.8. The summed E-state index contributed by atoms with van der Waals surface area (Å²) in [5.41, 5.74) is 2.99. The first-order valence-electron chi connectivity index (χ1n) is 5.08. The Bertz CT molecular complexity index is 539. The first-order chi connectivity index (χ1) is 8.16. The summed E-state index contributed by atoms with van der Waals surface area (Å²) in [7, 11) is 0. The van der Waals surface area contributed by atoms with Crippen LogP contribution in [0.3, 0.4) is 0 Å². The van der Waals surface area contributed by atoms with E-state index in [0.717, 1.165) is 5.56 Å². The molecule has 17 heavy (non-hydrogen) atoms. The highest BCUT2D eigenvalue weighted by Gasteiger charge is 2.07. The van der Waals surface area contributed by atoms with Gasteiger partial charge in [-0.15, -0.1) is 0 Å². The van der Waals surface area contributed by atoms with Gasteiger partial charge < -0.3 is 5.32 Å². The highest BCUT2D eigenvalue weighted by atomic mass is 79.9. The molecule has 0 aliphatic heterocycles. The Balaban J connectivity index is 2.01. The van der Waals surface area contributed by atoms with E-state index in [2.05, 4.69) is 37.0 Å². The third kappa shape index (κ3) is 3.14. The van der Waals surface area contributed by atoms with E-state index in [1.54, 1.807) is 29.7 Å². The molecule has 0 unspecified atom stereocenters. The minimum absolute atomic E-state index is 0.0845. The van der Waals surface area contributed by atoms with Crippen molar-refractivity contribution in [3.63, 3.8) is 0 Å². The highest BCUT2D eigenvalue weighted by Crippen LogP contribution is 2.13. The van der Waals surface area contributed by atoms with Crippen molar-refractivity contribution >= 4 is 33.2 Å². The summed E-state index contributed by atoms with van der Waals surface area (Å²) in [6.07, 6.45) is 1.61. The van der Waals surface area contributed by atoms with Gasteiger partial charge in [0, 0.05) is 18.3 Å². The molecule has 0 saturated heterocycles. The van der Waals surface area contributed by atoms with Gasteiger partial charge in [0.25, 0.3) is 5.91 Å². The number of thiophene rings is 1. The van der Waals surface area contributed by atoms with Crippen molar-refractivity contribution in [3.05, 3.63) is 50.4 Å². The zero-order chi connectivity index (χ0) is 12.3. The largest absolute Gasteiger partial charge is 0.348 e. The van der Waals surface area contributed by atoms with Crippen LogP contribution in [0.2, 0.25) is 0 Å². The lowest BCUT2D eigenvalue weighted by Gasteiger charge is -2.05. The van der Waals surface area contributed by atoms with Crippen molar-refractivity contribution < 1.29 is 4.79 Å². The van der Waals surface area contributed by atoms with Crippen molar-refractivity contribution in [1.29, 1.82) is 0 Å². The molecule has 1 N–H and O–H groups in total. The number of halogens is 1. The van der Waals surface area contributed by atoms with E-state index in [0.29, 0.717) is 16.7 Å². The number of hydrogen-bond donors (Lipinski definition) is 1. The maximum atomic E-state index is 11.8. The summed E-state index contributed by atoms with van der Waals surface area (Å²) >= 11 is 4.89. The van der Waals surface area contributed by atoms with Gasteiger partial charge in [0.2, 0.25) is 0 Å². The topological polar surface area (TPSA) is 42.0 Å². The molecule has 0 radical (unpaired) electrons. The molecule has 0 aliphatic rings. The Hall–Kier alpha value is -1.20. The third-order valence-corrected chi connectivity index (χ3v) is 3.73. The van der Waals surface area contributed by atoms with Gasteiger partial charge in [-0.2, -0.15) is 11.3 Å². The van der Waals surface area contributed by atoms with Gasteiger partial charge in [-0.05, 0) is 56.9 Å². The number of carbonyl (C=O) groups is 1. The molecule has 0 aliphatic carbocycles. The van der Waals surface area contributed by atoms with Gasteiger partial charge in [0.15, 0.2) is 0 Å². The van der Waals surface area contributed by atoms with Crippen LogP contribution in [-0.2, 0) is 6.54 Å². The molecule has 3 nitrogen and oxygen atoms in total. The summed E-state index contributed by atoms with van der Waals surface area (Å²) in [5, 5.41) is 7.02. The second-order valence-electron chi connectivity index (χ2n) is 3.63. The molecule has 0 bridgehead atoms. The standard InChI is InChI=1S/C12H11BrN2OS/c1-8-6-17-7-10(8)5-15-12(16)9-2-3-14-11(13)4-9/h2-4,6-7H,5H2,1H3,(H,15,16). The molecule has 0 atom stereocenters. The predicted molar refractivity (Wildman–Crippen MR) is 72.2 cm³/mol. The Kier molecular flexibility index (Phi) is 3.91. The highest BCUT2D eigenvalue weighted by molar-refractivity contribution is 9.10. The van der Waals surface area contributed by atoms with Crippen molar-refractivity contribution in [2.24, 2.45) is 0 Å². The second kappa shape index (κ2) is 5.42. The van der Waals surface area contributed by atoms with Crippen LogP contribution < -0.4 is 5.32 Å². The van der Waals surface area contributed by atoms with Crippen LogP contribution in [0.4, 0.5) is 0 Å². The van der Waals surface area contributed by atoms with E-state index in [1.807, 2.05) is 6.92 Å². The van der Waals surface area contributed by atoms with Gasteiger partial charge in [-0.3, -0.25) is 4.79 Å². The Morgan fingerprint density at radius 1 is 1.53 bits per heavy atom. The van der Waals surface area contributed by atoms with Crippen LogP contribution in [-0.4, -0.2) is 10.9 Å². The SMILES string of the molecule is Cc1cscc1CNC(=O)c1ccnc(Br)c1. The van der Waals surface area contributed by atoms with E-state index in [9.17, 15) is 4.79 Å². The minimum atomic E-state index is -0.0845. The monoisotopic (exact) mass is 310 g/mol. The number of aryl methyl sites for hydroxylation is 1. The molecule has 2 heterocycles. The summed E-state index contributed by atoms with van der Waals surface area (Å²) in [5.74, 6) is -0.0845. The van der Waals surface area contributed by atoms with Crippen LogP contribution >= 0.6 is 27.3 Å². The molecule has 1 amide bonds. The number of amides is 1. The molecular formula is C12H11BrN2OS. The van der Waals surface area contributed by atoms with Gasteiger partial charge in [0.05, 0.1) is 0 Å². The molecule has 0 spiro atoms. The summed E-state index contributed by atoms with van der Waals surface area (Å²) in [4.78, 5) is 15.8. The van der Waals surface area contributed by atoms with Gasteiger partial charge in [0.1, 0.15) is 4.60 Å². The number of rotatable bonds is 3. The first kappa shape index (κ1) is 12.3. The van der Waals surface area contributed by atoms with Crippen molar-refractivity contribution in [3.8, 4) is 0 Å². The quantitative estimate of drug-likeness (QED) is 0.885. The van der Waals surface area contributed by atoms with Crippen LogP contribution in [0.5, 0.6) is 0 Å². The van der Waals surface area contributed by atoms with E-state index in [1.165, 1.54) is 5.56 Å². The molecule has 2 aromatic rings. The average Bonchev–Trinajstić information content (AvgIpc) is 2.72. The van der Waals surface area contributed by atoms with Gasteiger partial charge in [-0.1, -0.05) is 0 Å². The van der Waals surface area contributed by atoms with Crippen LogP contribution in [0.25, 0.3) is 0 Å². The molecule has 5 heteroatoms. The Morgan fingerprint density at radius 3 is 3.00 bits per heavy atom. The smallest absolute Gasteiger partial charge is 0.251 e. The Morgan fingerprint density at radius 2 is 2.35 bits per heavy atom. The molecule has 2 rings (SSSR count). The first-order valence-corrected chi connectivity index (χ1v) is 6.82.